The van der Waals surface area contributed by atoms with Gasteiger partial charge in [-0.15, -0.1) is 11.3 Å². The zero-order valence-corrected chi connectivity index (χ0v) is 28.9. The lowest BCUT2D eigenvalue weighted by Gasteiger charge is -2.11. The molecule has 8 aromatic carbocycles. The highest BCUT2D eigenvalue weighted by Gasteiger charge is 2.22. The Morgan fingerprint density at radius 3 is 1.70 bits per heavy atom. The third-order valence-electron chi connectivity index (χ3n) is 8.95. The van der Waals surface area contributed by atoms with Gasteiger partial charge >= 0.3 is 0 Å². The number of rotatable bonds is 5. The first-order valence-corrected chi connectivity index (χ1v) is 17.4. The van der Waals surface area contributed by atoms with E-state index >= 15 is 0 Å². The van der Waals surface area contributed by atoms with Gasteiger partial charge in [-0.1, -0.05) is 133 Å². The van der Waals surface area contributed by atoms with Crippen LogP contribution in [-0.4, -0.2) is 15.0 Å². The van der Waals surface area contributed by atoms with E-state index in [1.807, 2.05) is 0 Å². The average Bonchev–Trinajstić information content (AvgIpc) is 1.49. The van der Waals surface area contributed by atoms with Crippen LogP contribution >= 0.6 is 11.3 Å². The van der Waals surface area contributed by atoms with Crippen LogP contribution in [0, 0.1) is 0 Å². The van der Waals surface area contributed by atoms with Crippen LogP contribution in [0.2, 0.25) is 0 Å². The van der Waals surface area contributed by atoms with E-state index in [4.69, 9.17) is 37.6 Å². The van der Waals surface area contributed by atoms with E-state index in [0.29, 0.717) is 11.3 Å². The van der Waals surface area contributed by atoms with E-state index in [2.05, 4.69) is 15.0 Å². The van der Waals surface area contributed by atoms with Crippen molar-refractivity contribution in [3.05, 3.63) is 175 Å². The summed E-state index contributed by atoms with van der Waals surface area (Å²) in [4.78, 5) is 12.8. The monoisotopic (exact) mass is 776 g/mol. The van der Waals surface area contributed by atoms with Gasteiger partial charge in [0.25, 0.3) is 0 Å². The SMILES string of the molecule is [2H]c1c([2H])c([2H])c(-c2nc(-c3c([2H])c([2H])c([2H])c([2H])c3[2H])nc(-c3c([2H])c([2H])c4c(oc5c([2H])c([2H])c([2H])c(-c6c([2H])c([2H])c(-c7c([2H])c([2H])c([2H])c8sc9c([2H])c([2H])c([2H])c([2H])c9c78)c7c6oc6c([2H])c([2H])c([2H])c([2H])c67)c54)c3[2H])n2)c([2H])c1[2H]. The first-order chi connectivity index (χ1) is 40.3. The molecule has 0 saturated carbocycles. The molecule has 0 atom stereocenters. The number of nitrogens with zero attached hydrogens (tertiary/aromatic N) is 3. The molecule has 4 heterocycles. The van der Waals surface area contributed by atoms with E-state index in [1.54, 1.807) is 0 Å². The fraction of sp³-hybridized carbons (Fsp3) is 0. The van der Waals surface area contributed by atoms with Crippen LogP contribution in [0.1, 0.15) is 39.8 Å². The summed E-state index contributed by atoms with van der Waals surface area (Å²) in [5, 5.41) is -2.70. The highest BCUT2D eigenvalue weighted by molar-refractivity contribution is 7.25. The molecule has 57 heavy (non-hydrogen) atoms. The van der Waals surface area contributed by atoms with Gasteiger partial charge in [0.1, 0.15) is 22.3 Å². The summed E-state index contributed by atoms with van der Waals surface area (Å²) in [5.41, 5.74) is -7.38. The molecule has 0 unspecified atom stereocenters. The molecule has 6 heteroatoms. The maximum Gasteiger partial charge on any atom is 0.164 e. The Morgan fingerprint density at radius 1 is 0.368 bits per heavy atom. The molecule has 0 N–H and O–H groups in total. The smallest absolute Gasteiger partial charge is 0.164 e. The normalized spacial score (nSPS) is 19.0. The predicted molar refractivity (Wildman–Crippen MR) is 234 cm³/mol. The van der Waals surface area contributed by atoms with E-state index in [-0.39, 0.29) is 20.2 Å². The summed E-state index contributed by atoms with van der Waals surface area (Å²) in [6.07, 6.45) is 0. The van der Waals surface area contributed by atoms with Gasteiger partial charge in [-0.3, -0.25) is 0 Å². The molecule has 12 aromatic rings. The number of thiophene rings is 1. The standard InChI is InChI=1S/C51H29N3O2S/c1-3-13-30(14-4-1)49-52-50(31-15-5-2-6-16-31)54-51(53-49)32-25-26-38-42(29-32)55-41-22-11-19-34(45(38)41)36-28-27-35(47-37-17-7-9-21-40(37)56-48(36)47)33-20-12-24-44-46(33)39-18-8-10-23-43(39)57-44/h1-29H/i1D,2D,3D,4D,5D,6D,7D,8D,9D,10D,11D,12D,13D,14D,15D,16D,17D,18D,19D,20D,21D,22D,23D,24D,25D,26D,27D,28D,29D. The Hall–Kier alpha value is -7.41. The van der Waals surface area contributed by atoms with E-state index < -0.39 is 276 Å². The van der Waals surface area contributed by atoms with Gasteiger partial charge in [0.15, 0.2) is 17.5 Å². The molecule has 0 aliphatic carbocycles. The second-order valence-corrected chi connectivity index (χ2v) is 13.1. The minimum absolute atomic E-state index is 0.127. The number of furan rings is 2. The van der Waals surface area contributed by atoms with Crippen molar-refractivity contribution in [3.63, 3.8) is 0 Å². The number of para-hydroxylation sites is 1. The van der Waals surface area contributed by atoms with Crippen molar-refractivity contribution in [1.29, 1.82) is 0 Å². The fourth-order valence-corrected chi connectivity index (χ4v) is 7.54. The molecule has 0 saturated heterocycles. The largest absolute Gasteiger partial charge is 0.456 e. The van der Waals surface area contributed by atoms with Gasteiger partial charge in [-0.2, -0.15) is 0 Å². The molecule has 0 radical (unpaired) electrons. The third-order valence-corrected chi connectivity index (χ3v) is 9.97. The fourth-order valence-electron chi connectivity index (χ4n) is 6.57. The van der Waals surface area contributed by atoms with Crippen LogP contribution in [0.15, 0.2) is 184 Å². The van der Waals surface area contributed by atoms with Gasteiger partial charge in [0.05, 0.1) is 39.8 Å². The van der Waals surface area contributed by atoms with E-state index in [0.717, 1.165) is 0 Å². The Morgan fingerprint density at radius 2 is 0.930 bits per heavy atom. The highest BCUT2D eigenvalue weighted by atomic mass is 32.1. The Balaban J connectivity index is 1.24. The van der Waals surface area contributed by atoms with Crippen molar-refractivity contribution >= 4 is 75.4 Å². The van der Waals surface area contributed by atoms with Crippen LogP contribution in [0.4, 0.5) is 0 Å². The van der Waals surface area contributed by atoms with Crippen LogP contribution in [0.25, 0.3) is 120 Å². The van der Waals surface area contributed by atoms with Gasteiger partial charge in [-0.25, -0.2) is 15.0 Å². The van der Waals surface area contributed by atoms with Crippen molar-refractivity contribution in [2.45, 2.75) is 0 Å². The van der Waals surface area contributed by atoms with Gasteiger partial charge in [-0.05, 0) is 59.0 Å². The summed E-state index contributed by atoms with van der Waals surface area (Å²) in [6.45, 7) is 0. The van der Waals surface area contributed by atoms with Crippen molar-refractivity contribution < 1.29 is 48.6 Å². The predicted octanol–water partition coefficient (Wildman–Crippen LogP) is 14.4. The first-order valence-electron chi connectivity index (χ1n) is 31.1. The maximum absolute atomic E-state index is 9.93. The molecule has 12 rings (SSSR count). The minimum Gasteiger partial charge on any atom is -0.456 e. The lowest BCUT2D eigenvalue weighted by Crippen LogP contribution is -2.00. The molecule has 0 fully saturated rings. The van der Waals surface area contributed by atoms with Crippen LogP contribution in [0.3, 0.4) is 0 Å². The molecule has 0 aliphatic rings. The lowest BCUT2D eigenvalue weighted by atomic mass is 9.91. The van der Waals surface area contributed by atoms with Crippen LogP contribution < -0.4 is 0 Å². The number of benzene rings is 8. The van der Waals surface area contributed by atoms with E-state index in [9.17, 15) is 11.0 Å². The van der Waals surface area contributed by atoms with Crippen LogP contribution in [-0.2, 0) is 0 Å². The summed E-state index contributed by atoms with van der Waals surface area (Å²) in [6, 6.07) is -24.5. The van der Waals surface area contributed by atoms with Crippen molar-refractivity contribution in [2.24, 2.45) is 0 Å². The van der Waals surface area contributed by atoms with E-state index in [1.165, 1.54) is 0 Å². The third kappa shape index (κ3) is 5.04. The van der Waals surface area contributed by atoms with Crippen molar-refractivity contribution in [2.75, 3.05) is 0 Å². The summed E-state index contributed by atoms with van der Waals surface area (Å²) >= 11 is 0.672. The summed E-state index contributed by atoms with van der Waals surface area (Å²) in [5.74, 6) is -2.42. The topological polar surface area (TPSA) is 65.0 Å². The minimum atomic E-state index is -0.994. The van der Waals surface area contributed by atoms with Gasteiger partial charge in [0.2, 0.25) is 0 Å². The molecule has 0 spiro atoms. The Kier molecular flexibility index (Phi) is 3.22. The molecule has 0 amide bonds. The number of hydrogen-bond donors (Lipinski definition) is 0. The summed E-state index contributed by atoms with van der Waals surface area (Å²) < 4.78 is 271. The molecule has 0 aliphatic heterocycles. The molecular weight excluding hydrogens is 719 g/mol. The molecule has 0 bridgehead atoms. The zero-order valence-electron chi connectivity index (χ0n) is 57.1. The second kappa shape index (κ2) is 12.6. The number of fused-ring (bicyclic) bond motifs is 9. The molecular formula is C51H29N3O2S. The Bertz CT molecular complexity index is 5100. The molecule has 5 nitrogen and oxygen atoms in total. The average molecular weight is 777 g/mol. The first kappa shape index (κ1) is 14.6. The van der Waals surface area contributed by atoms with Crippen molar-refractivity contribution in [1.82, 2.24) is 15.0 Å². The number of hydrogen-bond acceptors (Lipinski definition) is 6. The lowest BCUT2D eigenvalue weighted by molar-refractivity contribution is 0.669. The zero-order chi connectivity index (χ0) is 62.7. The highest BCUT2D eigenvalue weighted by Crippen LogP contribution is 2.48. The van der Waals surface area contributed by atoms with Gasteiger partial charge < -0.3 is 8.83 Å². The molecule has 266 valence electrons. The quantitative estimate of drug-likeness (QED) is 0.174. The number of aromatic nitrogens is 3. The van der Waals surface area contributed by atoms with Gasteiger partial charge in [0, 0.05) is 64.0 Å². The Labute approximate surface area is 370 Å². The second-order valence-electron chi connectivity index (χ2n) is 12.1. The van der Waals surface area contributed by atoms with Crippen LogP contribution in [0.5, 0.6) is 0 Å². The molecule has 4 aromatic heterocycles. The summed E-state index contributed by atoms with van der Waals surface area (Å²) in [7, 11) is 0. The van der Waals surface area contributed by atoms with Crippen molar-refractivity contribution in [3.8, 4) is 56.4 Å². The maximum atomic E-state index is 9.93.